The predicted octanol–water partition coefficient (Wildman–Crippen LogP) is 5.55. The summed E-state index contributed by atoms with van der Waals surface area (Å²) in [5, 5.41) is 25.7. The van der Waals surface area contributed by atoms with Gasteiger partial charge in [0.25, 0.3) is 0 Å². The van der Waals surface area contributed by atoms with Crippen LogP contribution in [-0.4, -0.2) is 102 Å². The Morgan fingerprint density at radius 3 is 2.57 bits per heavy atom. The zero-order chi connectivity index (χ0) is 37.0. The third kappa shape index (κ3) is 4.55. The van der Waals surface area contributed by atoms with Crippen molar-refractivity contribution in [2.24, 2.45) is 23.2 Å². The first-order valence-electron chi connectivity index (χ1n) is 19.5. The second kappa shape index (κ2) is 12.5. The maximum absolute atomic E-state index is 14.4. The summed E-state index contributed by atoms with van der Waals surface area (Å²) in [6.45, 7) is 6.40. The van der Waals surface area contributed by atoms with E-state index in [-0.39, 0.29) is 42.2 Å². The zero-order valence-corrected chi connectivity index (χ0v) is 31.5. The van der Waals surface area contributed by atoms with Crippen molar-refractivity contribution in [2.75, 3.05) is 47.5 Å². The fraction of sp³-hybridized carbons (Fsp3) is 0.535. The number of esters is 2. The summed E-state index contributed by atoms with van der Waals surface area (Å²) >= 11 is 0. The number of rotatable bonds is 5. The number of carbonyl (C=O) groups excluding carboxylic acids is 2. The number of aliphatic hydroxyl groups is 1. The SMILES string of the molecule is CC=C1CN(C)[C@H]2Cc3c([nH]c4ccccc34)[C@@H](c3c(O)ccc4c5c([nH]c34)[C@]3(C(=O)OC)C[C@H]4C[C@H](CC)[C@@H]3N(CC5)C4)C[C@@H]1[C@]2(CO)C(=O)OC. The van der Waals surface area contributed by atoms with E-state index in [1.54, 1.807) is 0 Å². The molecule has 1 unspecified atom stereocenters. The largest absolute Gasteiger partial charge is 0.508 e. The van der Waals surface area contributed by atoms with Crippen LogP contribution in [0.5, 0.6) is 5.75 Å². The van der Waals surface area contributed by atoms with Crippen molar-refractivity contribution in [3.8, 4) is 5.75 Å². The van der Waals surface area contributed by atoms with Crippen LogP contribution in [0.25, 0.3) is 21.8 Å². The number of hydrogen-bond acceptors (Lipinski definition) is 8. The van der Waals surface area contributed by atoms with E-state index in [2.05, 4.69) is 44.9 Å². The van der Waals surface area contributed by atoms with Crippen LogP contribution in [0.3, 0.4) is 0 Å². The minimum absolute atomic E-state index is 0.0386. The Morgan fingerprint density at radius 1 is 1.04 bits per heavy atom. The summed E-state index contributed by atoms with van der Waals surface area (Å²) in [5.41, 5.74) is 5.72. The fourth-order valence-corrected chi connectivity index (χ4v) is 12.5. The van der Waals surface area contributed by atoms with Gasteiger partial charge in [0, 0.05) is 76.8 Å². The number of allylic oxidation sites excluding steroid dienone is 1. The molecular weight excluding hydrogens is 668 g/mol. The number of benzene rings is 2. The molecular formula is C43H52N4O6. The molecule has 4 fully saturated rings. The number of ether oxygens (including phenoxy) is 2. The molecule has 2 aliphatic carbocycles. The molecule has 10 heteroatoms. The second-order valence-corrected chi connectivity index (χ2v) is 16.6. The first-order chi connectivity index (χ1) is 25.7. The lowest BCUT2D eigenvalue weighted by Crippen LogP contribution is -2.67. The maximum Gasteiger partial charge on any atom is 0.319 e. The summed E-state index contributed by atoms with van der Waals surface area (Å²) in [4.78, 5) is 41.0. The Bertz CT molecular complexity index is 2170. The summed E-state index contributed by atoms with van der Waals surface area (Å²) in [7, 11) is 4.96. The molecule has 4 N–H and O–H groups in total. The van der Waals surface area contributed by atoms with Crippen molar-refractivity contribution < 1.29 is 29.3 Å². The Labute approximate surface area is 310 Å². The van der Waals surface area contributed by atoms with Gasteiger partial charge >= 0.3 is 11.9 Å². The molecule has 1 saturated carbocycles. The minimum atomic E-state index is -1.23. The molecule has 4 aliphatic heterocycles. The molecule has 0 spiro atoms. The molecule has 10 rings (SSSR count). The third-order valence-corrected chi connectivity index (χ3v) is 14.6. The number of aromatic amines is 2. The normalized spacial score (nSPS) is 34.3. The van der Waals surface area contributed by atoms with Crippen molar-refractivity contribution in [2.45, 2.75) is 75.8 Å². The molecule has 280 valence electrons. The van der Waals surface area contributed by atoms with Crippen molar-refractivity contribution in [1.29, 1.82) is 0 Å². The summed E-state index contributed by atoms with van der Waals surface area (Å²) in [6, 6.07) is 11.8. The highest BCUT2D eigenvalue weighted by Gasteiger charge is 2.63. The van der Waals surface area contributed by atoms with Crippen LogP contribution in [0.1, 0.15) is 73.5 Å². The molecule has 6 bridgehead atoms. The molecule has 4 aromatic rings. The number of phenols is 1. The van der Waals surface area contributed by atoms with Gasteiger partial charge in [0.15, 0.2) is 0 Å². The van der Waals surface area contributed by atoms with E-state index in [4.69, 9.17) is 9.47 Å². The highest BCUT2D eigenvalue weighted by atomic mass is 16.5. The number of nitrogens with zero attached hydrogens (tertiary/aromatic N) is 2. The summed E-state index contributed by atoms with van der Waals surface area (Å²) in [6.07, 6.45) is 6.71. The van der Waals surface area contributed by atoms with Crippen LogP contribution >= 0.6 is 0 Å². The average Bonchev–Trinajstić information content (AvgIpc) is 3.71. The van der Waals surface area contributed by atoms with E-state index in [9.17, 15) is 19.8 Å². The zero-order valence-electron chi connectivity index (χ0n) is 31.5. The molecule has 53 heavy (non-hydrogen) atoms. The quantitative estimate of drug-likeness (QED) is 0.156. The number of likely N-dealkylation sites (N-methyl/N-ethyl adjacent to an activating group) is 1. The number of likely N-dealkylation sites (tertiary alicyclic amines) is 1. The number of nitrogens with one attached hydrogen (secondary N) is 2. The van der Waals surface area contributed by atoms with Crippen LogP contribution in [0.2, 0.25) is 0 Å². The van der Waals surface area contributed by atoms with Gasteiger partial charge < -0.3 is 29.7 Å². The lowest BCUT2D eigenvalue weighted by molar-refractivity contribution is -0.169. The van der Waals surface area contributed by atoms with Gasteiger partial charge in [-0.25, -0.2) is 0 Å². The van der Waals surface area contributed by atoms with Gasteiger partial charge in [0.2, 0.25) is 0 Å². The number of aliphatic hydroxyl groups excluding tert-OH is 1. The van der Waals surface area contributed by atoms with Crippen LogP contribution < -0.4 is 0 Å². The third-order valence-electron chi connectivity index (χ3n) is 14.6. The maximum atomic E-state index is 14.4. The van der Waals surface area contributed by atoms with Gasteiger partial charge in [0.05, 0.1) is 26.3 Å². The number of phenolic OH excluding ortho intramolecular Hbond substituents is 1. The number of methoxy groups -OCH3 is 2. The number of piperidine rings is 3. The van der Waals surface area contributed by atoms with E-state index >= 15 is 0 Å². The van der Waals surface area contributed by atoms with E-state index < -0.39 is 16.8 Å². The lowest BCUT2D eigenvalue weighted by Gasteiger charge is -2.57. The van der Waals surface area contributed by atoms with E-state index in [1.807, 2.05) is 38.2 Å². The van der Waals surface area contributed by atoms with E-state index in [0.717, 1.165) is 94.2 Å². The number of aromatic hydroxyl groups is 1. The molecule has 0 radical (unpaired) electrons. The molecule has 10 nitrogen and oxygen atoms in total. The van der Waals surface area contributed by atoms with Gasteiger partial charge in [-0.05, 0) is 87.2 Å². The Kier molecular flexibility index (Phi) is 8.15. The van der Waals surface area contributed by atoms with Crippen LogP contribution in [-0.2, 0) is 37.3 Å². The van der Waals surface area contributed by atoms with Gasteiger partial charge in [-0.2, -0.15) is 0 Å². The standard InChI is InChI=1S/C43H52N4O6/c1-6-24-16-23-19-42(40(50)52-4)38-28(14-15-47(20-23)39(24)42)27-12-13-33(49)35(37(27)45-38)30-17-31-25(7-2)21-46(3)34(43(31,22-48)41(51)53-5)18-29-26-10-8-9-11-32(26)44-36(29)30/h7-13,23-24,30-31,34,39,44-45,48-49H,6,14-22H2,1-5H3/t23-,24+,30-,31+,34+,39+,42-,43+/m1/s1. The summed E-state index contributed by atoms with van der Waals surface area (Å²) in [5.74, 6) is -0.413. The number of carbonyl (C=O) groups is 2. The number of H-pyrrole nitrogens is 2. The fourth-order valence-electron chi connectivity index (χ4n) is 12.5. The molecule has 6 aliphatic rings. The Balaban J connectivity index is 1.33. The highest BCUT2D eigenvalue weighted by Crippen LogP contribution is 2.58. The first kappa shape index (κ1) is 34.6. The number of para-hydroxylation sites is 1. The number of aromatic nitrogens is 2. The van der Waals surface area contributed by atoms with Gasteiger partial charge in [-0.3, -0.25) is 19.4 Å². The molecule has 6 heterocycles. The van der Waals surface area contributed by atoms with Crippen molar-refractivity contribution >= 4 is 33.7 Å². The molecule has 9 atom stereocenters. The van der Waals surface area contributed by atoms with Gasteiger partial charge in [0.1, 0.15) is 16.6 Å². The highest BCUT2D eigenvalue weighted by molar-refractivity contribution is 5.95. The number of hydrogen-bond donors (Lipinski definition) is 4. The second-order valence-electron chi connectivity index (χ2n) is 16.6. The Hall–Kier alpha value is -4.12. The molecule has 0 amide bonds. The van der Waals surface area contributed by atoms with Crippen LogP contribution in [0.15, 0.2) is 48.0 Å². The number of fused-ring (bicyclic) bond motifs is 9. The average molecular weight is 721 g/mol. The summed E-state index contributed by atoms with van der Waals surface area (Å²) < 4.78 is 11.3. The van der Waals surface area contributed by atoms with Crippen molar-refractivity contribution in [3.63, 3.8) is 0 Å². The van der Waals surface area contributed by atoms with E-state index in [1.165, 1.54) is 14.2 Å². The van der Waals surface area contributed by atoms with Crippen molar-refractivity contribution in [1.82, 2.24) is 19.8 Å². The van der Waals surface area contributed by atoms with E-state index in [0.29, 0.717) is 31.2 Å². The smallest absolute Gasteiger partial charge is 0.319 e. The van der Waals surface area contributed by atoms with Gasteiger partial charge in [-0.15, -0.1) is 0 Å². The molecule has 3 saturated heterocycles. The molecule has 2 aromatic heterocycles. The Morgan fingerprint density at radius 2 is 1.83 bits per heavy atom. The van der Waals surface area contributed by atoms with Crippen molar-refractivity contribution in [3.05, 3.63) is 76.1 Å². The first-order valence-corrected chi connectivity index (χ1v) is 19.5. The monoisotopic (exact) mass is 720 g/mol. The predicted molar refractivity (Wildman–Crippen MR) is 203 cm³/mol. The van der Waals surface area contributed by atoms with Crippen LogP contribution in [0, 0.1) is 23.2 Å². The van der Waals surface area contributed by atoms with Gasteiger partial charge in [-0.1, -0.05) is 43.2 Å². The topological polar surface area (TPSA) is 131 Å². The molecule has 2 aromatic carbocycles. The lowest BCUT2D eigenvalue weighted by atomic mass is 9.56. The minimum Gasteiger partial charge on any atom is -0.508 e. The van der Waals surface area contributed by atoms with Crippen LogP contribution in [0.4, 0.5) is 0 Å².